The number of anilines is 2. The van der Waals surface area contributed by atoms with E-state index >= 15 is 0 Å². The molecule has 0 fully saturated rings. The van der Waals surface area contributed by atoms with Crippen molar-refractivity contribution in [2.24, 2.45) is 0 Å². The standard InChI is InChI=1S/C19H23NO2/c1-12-9-14(19(3,4)5)10-13(2)17(12)20-15-7-6-8-16-18(15)22-11-21-16/h6-10,20H,11H2,1-5H3. The van der Waals surface area contributed by atoms with Gasteiger partial charge in [0.2, 0.25) is 6.79 Å². The number of rotatable bonds is 2. The minimum absolute atomic E-state index is 0.152. The van der Waals surface area contributed by atoms with Gasteiger partial charge in [0.25, 0.3) is 0 Å². The first-order chi connectivity index (χ1) is 10.4. The van der Waals surface area contributed by atoms with Crippen LogP contribution >= 0.6 is 0 Å². The molecule has 3 nitrogen and oxygen atoms in total. The Morgan fingerprint density at radius 3 is 2.32 bits per heavy atom. The molecule has 0 radical (unpaired) electrons. The number of para-hydroxylation sites is 1. The molecule has 0 aliphatic carbocycles. The Bertz CT molecular complexity index is 691. The van der Waals surface area contributed by atoms with Gasteiger partial charge in [-0.1, -0.05) is 39.0 Å². The van der Waals surface area contributed by atoms with Gasteiger partial charge in [-0.2, -0.15) is 0 Å². The zero-order valence-corrected chi connectivity index (χ0v) is 13.9. The molecule has 0 spiro atoms. The van der Waals surface area contributed by atoms with Crippen molar-refractivity contribution in [3.8, 4) is 11.5 Å². The highest BCUT2D eigenvalue weighted by Crippen LogP contribution is 2.41. The van der Waals surface area contributed by atoms with Crippen LogP contribution in [0.15, 0.2) is 30.3 Å². The lowest BCUT2D eigenvalue weighted by Crippen LogP contribution is -2.12. The highest BCUT2D eigenvalue weighted by atomic mass is 16.7. The van der Waals surface area contributed by atoms with Crippen molar-refractivity contribution in [3.05, 3.63) is 47.0 Å². The average Bonchev–Trinajstić information content (AvgIpc) is 2.90. The molecule has 22 heavy (non-hydrogen) atoms. The molecule has 0 saturated carbocycles. The lowest BCUT2D eigenvalue weighted by molar-refractivity contribution is 0.174. The maximum absolute atomic E-state index is 5.57. The fourth-order valence-electron chi connectivity index (χ4n) is 2.76. The van der Waals surface area contributed by atoms with Gasteiger partial charge in [0, 0.05) is 5.69 Å². The summed E-state index contributed by atoms with van der Waals surface area (Å²) in [5, 5.41) is 3.51. The molecule has 0 saturated heterocycles. The molecule has 3 heteroatoms. The van der Waals surface area contributed by atoms with Gasteiger partial charge in [-0.05, 0) is 48.1 Å². The molecule has 2 aromatic carbocycles. The molecule has 1 aliphatic rings. The molecule has 116 valence electrons. The van der Waals surface area contributed by atoms with Crippen molar-refractivity contribution in [3.63, 3.8) is 0 Å². The molecule has 1 heterocycles. The second-order valence-corrected chi connectivity index (χ2v) is 6.90. The van der Waals surface area contributed by atoms with Crippen LogP contribution in [0, 0.1) is 13.8 Å². The molecule has 0 bridgehead atoms. The van der Waals surface area contributed by atoms with Gasteiger partial charge < -0.3 is 14.8 Å². The first kappa shape index (κ1) is 14.8. The van der Waals surface area contributed by atoms with E-state index in [9.17, 15) is 0 Å². The summed E-state index contributed by atoms with van der Waals surface area (Å²) in [6.07, 6.45) is 0. The van der Waals surface area contributed by atoms with Crippen molar-refractivity contribution in [1.29, 1.82) is 0 Å². The summed E-state index contributed by atoms with van der Waals surface area (Å²) in [5.41, 5.74) is 6.06. The summed E-state index contributed by atoms with van der Waals surface area (Å²) >= 11 is 0. The normalized spacial score (nSPS) is 13.3. The Kier molecular flexibility index (Phi) is 3.51. The maximum atomic E-state index is 5.57. The number of benzene rings is 2. The van der Waals surface area contributed by atoms with Crippen LogP contribution < -0.4 is 14.8 Å². The molecule has 3 rings (SSSR count). The van der Waals surface area contributed by atoms with E-state index in [0.29, 0.717) is 0 Å². The number of aryl methyl sites for hydroxylation is 2. The molecule has 2 aromatic rings. The molecular weight excluding hydrogens is 274 g/mol. The van der Waals surface area contributed by atoms with Crippen LogP contribution in [-0.4, -0.2) is 6.79 Å². The molecular formula is C19H23NO2. The summed E-state index contributed by atoms with van der Waals surface area (Å²) in [7, 11) is 0. The quantitative estimate of drug-likeness (QED) is 0.839. The van der Waals surface area contributed by atoms with Gasteiger partial charge in [-0.25, -0.2) is 0 Å². The third kappa shape index (κ3) is 2.63. The van der Waals surface area contributed by atoms with Crippen LogP contribution in [-0.2, 0) is 5.41 Å². The molecule has 0 unspecified atom stereocenters. The highest BCUT2D eigenvalue weighted by molar-refractivity contribution is 5.74. The van der Waals surface area contributed by atoms with Crippen molar-refractivity contribution in [2.45, 2.75) is 40.0 Å². The third-order valence-electron chi connectivity index (χ3n) is 4.05. The van der Waals surface area contributed by atoms with E-state index in [1.807, 2.05) is 18.2 Å². The van der Waals surface area contributed by atoms with Crippen LogP contribution in [0.3, 0.4) is 0 Å². The van der Waals surface area contributed by atoms with Gasteiger partial charge >= 0.3 is 0 Å². The minimum atomic E-state index is 0.152. The fourth-order valence-corrected chi connectivity index (χ4v) is 2.76. The van der Waals surface area contributed by atoms with Gasteiger partial charge in [0.1, 0.15) is 0 Å². The minimum Gasteiger partial charge on any atom is -0.454 e. The Morgan fingerprint density at radius 1 is 1.00 bits per heavy atom. The van der Waals surface area contributed by atoms with Crippen molar-refractivity contribution >= 4 is 11.4 Å². The van der Waals surface area contributed by atoms with Gasteiger partial charge in [0.05, 0.1) is 5.69 Å². The number of nitrogens with one attached hydrogen (secondary N) is 1. The van der Waals surface area contributed by atoms with Crippen LogP contribution in [0.25, 0.3) is 0 Å². The van der Waals surface area contributed by atoms with Crippen molar-refractivity contribution in [2.75, 3.05) is 12.1 Å². The Labute approximate surface area is 132 Å². The second-order valence-electron chi connectivity index (χ2n) is 6.90. The summed E-state index contributed by atoms with van der Waals surface area (Å²) in [6, 6.07) is 10.4. The zero-order valence-electron chi connectivity index (χ0n) is 13.9. The number of fused-ring (bicyclic) bond motifs is 1. The van der Waals surface area contributed by atoms with Crippen molar-refractivity contribution < 1.29 is 9.47 Å². The summed E-state index contributed by atoms with van der Waals surface area (Å²) in [6.45, 7) is 11.3. The van der Waals surface area contributed by atoms with Gasteiger partial charge in [0.15, 0.2) is 11.5 Å². The number of ether oxygens (including phenoxy) is 2. The zero-order chi connectivity index (χ0) is 15.9. The van der Waals surface area contributed by atoms with E-state index in [0.717, 1.165) is 22.9 Å². The number of hydrogen-bond acceptors (Lipinski definition) is 3. The molecule has 0 atom stereocenters. The fraction of sp³-hybridized carbons (Fsp3) is 0.368. The predicted octanol–water partition coefficient (Wildman–Crippen LogP) is 5.07. The highest BCUT2D eigenvalue weighted by Gasteiger charge is 2.20. The number of hydrogen-bond donors (Lipinski definition) is 1. The maximum Gasteiger partial charge on any atom is 0.231 e. The van der Waals surface area contributed by atoms with Gasteiger partial charge in [-0.15, -0.1) is 0 Å². The van der Waals surface area contributed by atoms with Crippen molar-refractivity contribution in [1.82, 2.24) is 0 Å². The van der Waals surface area contributed by atoms with E-state index in [2.05, 4.69) is 52.1 Å². The third-order valence-corrected chi connectivity index (χ3v) is 4.05. The van der Waals surface area contributed by atoms with Gasteiger partial charge in [-0.3, -0.25) is 0 Å². The van der Waals surface area contributed by atoms with E-state index in [1.165, 1.54) is 16.7 Å². The SMILES string of the molecule is Cc1cc(C(C)(C)C)cc(C)c1Nc1cccc2c1OCO2. The predicted molar refractivity (Wildman–Crippen MR) is 90.5 cm³/mol. The lowest BCUT2D eigenvalue weighted by Gasteiger charge is -2.23. The van der Waals surface area contributed by atoms with Crippen LogP contribution in [0.4, 0.5) is 11.4 Å². The molecule has 0 aromatic heterocycles. The van der Waals surface area contributed by atoms with E-state index < -0.39 is 0 Å². The molecule has 1 aliphatic heterocycles. The first-order valence-corrected chi connectivity index (χ1v) is 7.63. The summed E-state index contributed by atoms with van der Waals surface area (Å²) < 4.78 is 11.0. The monoisotopic (exact) mass is 297 g/mol. The Balaban J connectivity index is 1.99. The average molecular weight is 297 g/mol. The first-order valence-electron chi connectivity index (χ1n) is 7.63. The van der Waals surface area contributed by atoms with Crippen LogP contribution in [0.5, 0.6) is 11.5 Å². The largest absolute Gasteiger partial charge is 0.454 e. The van der Waals surface area contributed by atoms with E-state index in [-0.39, 0.29) is 12.2 Å². The van der Waals surface area contributed by atoms with E-state index in [4.69, 9.17) is 9.47 Å². The van der Waals surface area contributed by atoms with Crippen LogP contribution in [0.1, 0.15) is 37.5 Å². The lowest BCUT2D eigenvalue weighted by atomic mass is 9.85. The smallest absolute Gasteiger partial charge is 0.231 e. The topological polar surface area (TPSA) is 30.5 Å². The Morgan fingerprint density at radius 2 is 1.68 bits per heavy atom. The summed E-state index contributed by atoms with van der Waals surface area (Å²) in [4.78, 5) is 0. The Hall–Kier alpha value is -2.16. The molecule has 0 amide bonds. The van der Waals surface area contributed by atoms with Crippen LogP contribution in [0.2, 0.25) is 0 Å². The van der Waals surface area contributed by atoms with E-state index in [1.54, 1.807) is 0 Å². The molecule has 1 N–H and O–H groups in total. The summed E-state index contributed by atoms with van der Waals surface area (Å²) in [5.74, 6) is 1.59. The second kappa shape index (κ2) is 5.24.